The number of likely N-dealkylation sites (N-methyl/N-ethyl adjacent to an activating group) is 1. The van der Waals surface area contributed by atoms with Gasteiger partial charge >= 0.3 is 5.97 Å². The number of carboxylic acids is 1. The summed E-state index contributed by atoms with van der Waals surface area (Å²) in [7, 11) is 0. The Kier molecular flexibility index (Phi) is 4.29. The van der Waals surface area contributed by atoms with Gasteiger partial charge in [0.2, 0.25) is 5.95 Å². The van der Waals surface area contributed by atoms with Gasteiger partial charge in [-0.2, -0.15) is 4.39 Å². The minimum Gasteiger partial charge on any atom is -0.481 e. The maximum absolute atomic E-state index is 12.8. The molecule has 1 fully saturated rings. The van der Waals surface area contributed by atoms with Gasteiger partial charge in [-0.1, -0.05) is 0 Å². The first-order valence-electron chi connectivity index (χ1n) is 6.27. The molecule has 2 unspecified atom stereocenters. The maximum atomic E-state index is 12.8. The van der Waals surface area contributed by atoms with E-state index >= 15 is 0 Å². The van der Waals surface area contributed by atoms with Crippen LogP contribution in [-0.4, -0.2) is 52.7 Å². The molecule has 2 rings (SSSR count). The van der Waals surface area contributed by atoms with Gasteiger partial charge in [0.05, 0.1) is 24.8 Å². The second-order valence-corrected chi connectivity index (χ2v) is 4.51. The van der Waals surface area contributed by atoms with Crippen LogP contribution in [0.1, 0.15) is 17.3 Å². The number of halogens is 1. The highest BCUT2D eigenvalue weighted by Crippen LogP contribution is 2.21. The minimum atomic E-state index is -0.990. The fraction of sp³-hybridized carbons (Fsp3) is 0.462. The molecule has 0 radical (unpaired) electrons. The number of carboxylic acid groups (broad SMARTS) is 1. The number of ether oxygens (including phenoxy) is 1. The molecule has 1 aliphatic heterocycles. The van der Waals surface area contributed by atoms with Crippen LogP contribution in [0.15, 0.2) is 18.3 Å². The predicted molar refractivity (Wildman–Crippen MR) is 66.6 cm³/mol. The molecule has 0 spiro atoms. The molecule has 108 valence electrons. The normalized spacial score (nSPS) is 21.7. The summed E-state index contributed by atoms with van der Waals surface area (Å²) in [6, 6.07) is 1.91. The van der Waals surface area contributed by atoms with E-state index < -0.39 is 23.9 Å². The van der Waals surface area contributed by atoms with Gasteiger partial charge in [0, 0.05) is 12.7 Å². The quantitative estimate of drug-likeness (QED) is 0.826. The van der Waals surface area contributed by atoms with E-state index in [9.17, 15) is 14.0 Å². The molecule has 1 amide bonds. The van der Waals surface area contributed by atoms with Crippen molar-refractivity contribution >= 4 is 11.9 Å². The van der Waals surface area contributed by atoms with Gasteiger partial charge < -0.3 is 14.7 Å². The van der Waals surface area contributed by atoms with Crippen molar-refractivity contribution in [3.05, 3.63) is 29.8 Å². The van der Waals surface area contributed by atoms with Crippen molar-refractivity contribution in [2.45, 2.75) is 13.0 Å². The molecule has 2 heterocycles. The third-order valence-electron chi connectivity index (χ3n) is 3.34. The summed E-state index contributed by atoms with van der Waals surface area (Å²) < 4.78 is 17.9. The lowest BCUT2D eigenvalue weighted by atomic mass is 10.0. The molecule has 6 nitrogen and oxygen atoms in total. The zero-order valence-corrected chi connectivity index (χ0v) is 11.0. The third-order valence-corrected chi connectivity index (χ3v) is 3.34. The number of rotatable bonds is 4. The highest BCUT2D eigenvalue weighted by molar-refractivity contribution is 5.94. The number of aliphatic carboxylic acids is 1. The second kappa shape index (κ2) is 5.96. The predicted octanol–water partition coefficient (Wildman–Crippen LogP) is 0.782. The zero-order chi connectivity index (χ0) is 14.7. The summed E-state index contributed by atoms with van der Waals surface area (Å²) in [5.74, 6) is -2.78. The molecular weight excluding hydrogens is 267 g/mol. The summed E-state index contributed by atoms with van der Waals surface area (Å²) >= 11 is 0. The lowest BCUT2D eigenvalue weighted by Gasteiger charge is -2.29. The van der Waals surface area contributed by atoms with Crippen molar-refractivity contribution in [3.63, 3.8) is 0 Å². The van der Waals surface area contributed by atoms with Gasteiger partial charge in [0.25, 0.3) is 5.91 Å². The van der Waals surface area contributed by atoms with Gasteiger partial charge in [0.1, 0.15) is 5.92 Å². The SMILES string of the molecule is CCN(C(=O)c1ccc(F)nc1)C1COCC1C(=O)O. The van der Waals surface area contributed by atoms with E-state index in [1.54, 1.807) is 6.92 Å². The van der Waals surface area contributed by atoms with Gasteiger partial charge in [0.15, 0.2) is 0 Å². The number of pyridine rings is 1. The van der Waals surface area contributed by atoms with E-state index in [0.29, 0.717) is 6.54 Å². The lowest BCUT2D eigenvalue weighted by Crippen LogP contribution is -2.46. The Balaban J connectivity index is 2.21. The average molecular weight is 282 g/mol. The van der Waals surface area contributed by atoms with Crippen LogP contribution in [0.2, 0.25) is 0 Å². The lowest BCUT2D eigenvalue weighted by molar-refractivity contribution is -0.142. The molecule has 0 aliphatic carbocycles. The fourth-order valence-corrected chi connectivity index (χ4v) is 2.28. The molecular formula is C13H15FN2O4. The Morgan fingerprint density at radius 1 is 1.50 bits per heavy atom. The molecule has 2 atom stereocenters. The van der Waals surface area contributed by atoms with Crippen LogP contribution >= 0.6 is 0 Å². The molecule has 1 N–H and O–H groups in total. The van der Waals surface area contributed by atoms with Gasteiger partial charge in [-0.25, -0.2) is 4.98 Å². The summed E-state index contributed by atoms with van der Waals surface area (Å²) in [6.45, 7) is 2.37. The summed E-state index contributed by atoms with van der Waals surface area (Å²) in [6.07, 6.45) is 1.14. The fourth-order valence-electron chi connectivity index (χ4n) is 2.28. The number of nitrogens with zero attached hydrogens (tertiary/aromatic N) is 2. The van der Waals surface area contributed by atoms with Crippen molar-refractivity contribution in [2.24, 2.45) is 5.92 Å². The molecule has 20 heavy (non-hydrogen) atoms. The van der Waals surface area contributed by atoms with Crippen LogP contribution in [0.5, 0.6) is 0 Å². The molecule has 0 saturated carbocycles. The number of carbonyl (C=O) groups excluding carboxylic acids is 1. The minimum absolute atomic E-state index is 0.0887. The van der Waals surface area contributed by atoms with E-state index in [1.807, 2.05) is 0 Å². The van der Waals surface area contributed by atoms with E-state index in [0.717, 1.165) is 12.3 Å². The van der Waals surface area contributed by atoms with Gasteiger partial charge in [-0.15, -0.1) is 0 Å². The first kappa shape index (κ1) is 14.4. The highest BCUT2D eigenvalue weighted by atomic mass is 19.1. The highest BCUT2D eigenvalue weighted by Gasteiger charge is 2.39. The first-order chi connectivity index (χ1) is 9.54. The van der Waals surface area contributed by atoms with Crippen molar-refractivity contribution in [3.8, 4) is 0 Å². The standard InChI is InChI=1S/C13H15FN2O4/c1-2-16(10-7-20-6-9(10)13(18)19)12(17)8-3-4-11(14)15-5-8/h3-5,9-10H,2,6-7H2,1H3,(H,18,19). The van der Waals surface area contributed by atoms with E-state index in [2.05, 4.69) is 4.98 Å². The Labute approximate surface area is 115 Å². The van der Waals surface area contributed by atoms with Crippen LogP contribution in [0.3, 0.4) is 0 Å². The van der Waals surface area contributed by atoms with Crippen LogP contribution in [-0.2, 0) is 9.53 Å². The summed E-state index contributed by atoms with van der Waals surface area (Å²) in [4.78, 5) is 28.4. The van der Waals surface area contributed by atoms with Crippen molar-refractivity contribution in [1.82, 2.24) is 9.88 Å². The number of hydrogen-bond acceptors (Lipinski definition) is 4. The summed E-state index contributed by atoms with van der Waals surface area (Å²) in [5.41, 5.74) is 0.226. The Morgan fingerprint density at radius 2 is 2.25 bits per heavy atom. The van der Waals surface area contributed by atoms with Crippen molar-refractivity contribution in [2.75, 3.05) is 19.8 Å². The first-order valence-corrected chi connectivity index (χ1v) is 6.27. The second-order valence-electron chi connectivity index (χ2n) is 4.51. The summed E-state index contributed by atoms with van der Waals surface area (Å²) in [5, 5.41) is 9.14. The van der Waals surface area contributed by atoms with Crippen molar-refractivity contribution in [1.29, 1.82) is 0 Å². The molecule has 1 aromatic heterocycles. The van der Waals surface area contributed by atoms with E-state index in [4.69, 9.17) is 9.84 Å². The molecule has 1 saturated heterocycles. The molecule has 7 heteroatoms. The number of amides is 1. The Bertz CT molecular complexity index is 506. The third kappa shape index (κ3) is 2.77. The van der Waals surface area contributed by atoms with Gasteiger partial charge in [-0.05, 0) is 19.1 Å². The molecule has 0 aromatic carbocycles. The molecule has 0 bridgehead atoms. The zero-order valence-electron chi connectivity index (χ0n) is 11.0. The average Bonchev–Trinajstić information content (AvgIpc) is 2.89. The Hall–Kier alpha value is -2.02. The largest absolute Gasteiger partial charge is 0.481 e. The van der Waals surface area contributed by atoms with Crippen LogP contribution in [0, 0.1) is 11.9 Å². The smallest absolute Gasteiger partial charge is 0.311 e. The molecule has 1 aliphatic rings. The van der Waals surface area contributed by atoms with Crippen LogP contribution < -0.4 is 0 Å². The van der Waals surface area contributed by atoms with E-state index in [1.165, 1.54) is 11.0 Å². The number of aromatic nitrogens is 1. The monoisotopic (exact) mass is 282 g/mol. The van der Waals surface area contributed by atoms with Crippen LogP contribution in [0.25, 0.3) is 0 Å². The maximum Gasteiger partial charge on any atom is 0.311 e. The van der Waals surface area contributed by atoms with Crippen molar-refractivity contribution < 1.29 is 23.8 Å². The molecule has 1 aromatic rings. The number of hydrogen-bond donors (Lipinski definition) is 1. The Morgan fingerprint density at radius 3 is 2.80 bits per heavy atom. The van der Waals surface area contributed by atoms with E-state index in [-0.39, 0.29) is 24.7 Å². The topological polar surface area (TPSA) is 79.7 Å². The van der Waals surface area contributed by atoms with Gasteiger partial charge in [-0.3, -0.25) is 9.59 Å². The van der Waals surface area contributed by atoms with Crippen LogP contribution in [0.4, 0.5) is 4.39 Å². The number of carbonyl (C=O) groups is 2.